The number of ether oxygens (including phenoxy) is 1. The molecule has 2 N–H and O–H groups in total. The average molecular weight is 413 g/mol. The third kappa shape index (κ3) is 4.31. The molecule has 1 aliphatic heterocycles. The highest BCUT2D eigenvalue weighted by Crippen LogP contribution is 2.38. The monoisotopic (exact) mass is 413 g/mol. The summed E-state index contributed by atoms with van der Waals surface area (Å²) in [5.41, 5.74) is 4.75. The van der Waals surface area contributed by atoms with E-state index in [9.17, 15) is 9.90 Å². The Morgan fingerprint density at radius 1 is 1.26 bits per heavy atom. The van der Waals surface area contributed by atoms with E-state index in [4.69, 9.17) is 11.2 Å². The van der Waals surface area contributed by atoms with E-state index in [1.54, 1.807) is 6.20 Å². The number of carboxylic acids is 1. The quantitative estimate of drug-likeness (QED) is 0.580. The number of terminal acetylenes is 1. The number of anilines is 3. The Bertz CT molecular complexity index is 1140. The van der Waals surface area contributed by atoms with Gasteiger partial charge in [-0.25, -0.2) is 4.79 Å². The lowest BCUT2D eigenvalue weighted by atomic mass is 9.92. The van der Waals surface area contributed by atoms with E-state index < -0.39 is 5.97 Å². The number of hydrogen-bond acceptors (Lipinski definition) is 5. The molecule has 0 radical (unpaired) electrons. The van der Waals surface area contributed by atoms with Gasteiger partial charge in [-0.05, 0) is 48.4 Å². The van der Waals surface area contributed by atoms with Gasteiger partial charge >= 0.3 is 5.97 Å². The first-order valence-corrected chi connectivity index (χ1v) is 10.0. The van der Waals surface area contributed by atoms with Crippen molar-refractivity contribution in [2.24, 2.45) is 0 Å². The highest BCUT2D eigenvalue weighted by atomic mass is 16.5. The predicted octanol–water partition coefficient (Wildman–Crippen LogP) is 4.51. The van der Waals surface area contributed by atoms with Crippen LogP contribution in [0.5, 0.6) is 5.75 Å². The largest absolute Gasteiger partial charge is 0.493 e. The van der Waals surface area contributed by atoms with Gasteiger partial charge in [-0.2, -0.15) is 0 Å². The third-order valence-corrected chi connectivity index (χ3v) is 5.56. The molecule has 1 aromatic heterocycles. The van der Waals surface area contributed by atoms with Gasteiger partial charge in [-0.15, -0.1) is 6.42 Å². The van der Waals surface area contributed by atoms with Crippen molar-refractivity contribution in [3.63, 3.8) is 0 Å². The molecule has 6 heteroatoms. The lowest BCUT2D eigenvalue weighted by Gasteiger charge is -2.28. The van der Waals surface area contributed by atoms with E-state index in [1.807, 2.05) is 37.4 Å². The van der Waals surface area contributed by atoms with Crippen LogP contribution in [-0.4, -0.2) is 36.3 Å². The molecule has 156 valence electrons. The lowest BCUT2D eigenvalue weighted by molar-refractivity contribution is 0.0697. The molecule has 0 spiro atoms. The molecule has 2 heterocycles. The second-order valence-corrected chi connectivity index (χ2v) is 7.41. The van der Waals surface area contributed by atoms with E-state index >= 15 is 0 Å². The second-order valence-electron chi connectivity index (χ2n) is 7.41. The highest BCUT2D eigenvalue weighted by molar-refractivity contribution is 5.93. The fraction of sp³-hybridized carbons (Fsp3) is 0.200. The molecule has 0 aliphatic carbocycles. The van der Waals surface area contributed by atoms with Crippen LogP contribution in [0.2, 0.25) is 0 Å². The van der Waals surface area contributed by atoms with E-state index in [1.165, 1.54) is 12.3 Å². The first kappa shape index (κ1) is 20.3. The molecule has 0 saturated carbocycles. The zero-order chi connectivity index (χ0) is 21.8. The number of carbonyl (C=O) groups is 1. The zero-order valence-electron chi connectivity index (χ0n) is 17.2. The number of pyridine rings is 1. The van der Waals surface area contributed by atoms with Gasteiger partial charge in [0.25, 0.3) is 0 Å². The Morgan fingerprint density at radius 3 is 2.77 bits per heavy atom. The van der Waals surface area contributed by atoms with Gasteiger partial charge in [0.2, 0.25) is 0 Å². The van der Waals surface area contributed by atoms with Gasteiger partial charge in [0.1, 0.15) is 5.75 Å². The van der Waals surface area contributed by atoms with Crippen LogP contribution in [0.1, 0.15) is 33.8 Å². The highest BCUT2D eigenvalue weighted by Gasteiger charge is 2.23. The molecule has 0 amide bonds. The number of hydrogen-bond donors (Lipinski definition) is 2. The van der Waals surface area contributed by atoms with E-state index in [0.29, 0.717) is 18.8 Å². The van der Waals surface area contributed by atoms with E-state index in [-0.39, 0.29) is 11.5 Å². The van der Waals surface area contributed by atoms with Crippen molar-refractivity contribution in [2.75, 3.05) is 30.4 Å². The van der Waals surface area contributed by atoms with Crippen LogP contribution < -0.4 is 15.0 Å². The molecule has 4 rings (SSSR count). The van der Waals surface area contributed by atoms with Crippen molar-refractivity contribution in [1.82, 2.24) is 4.98 Å². The minimum Gasteiger partial charge on any atom is -0.493 e. The number of aromatic nitrogens is 1. The van der Waals surface area contributed by atoms with Crippen molar-refractivity contribution < 1.29 is 14.6 Å². The zero-order valence-corrected chi connectivity index (χ0v) is 17.2. The minimum absolute atomic E-state index is 0.208. The average Bonchev–Trinajstić information content (AvgIpc) is 2.82. The van der Waals surface area contributed by atoms with E-state index in [2.05, 4.69) is 33.3 Å². The molecule has 1 aliphatic rings. The summed E-state index contributed by atoms with van der Waals surface area (Å²) in [4.78, 5) is 17.5. The number of benzene rings is 2. The smallest absolute Gasteiger partial charge is 0.337 e. The van der Waals surface area contributed by atoms with Gasteiger partial charge in [0, 0.05) is 48.7 Å². The standard InChI is InChI=1S/C25H23N3O3/c1-3-17-4-6-19(7-5-17)28(2)20-8-9-21-18(11-13-31-24(21)14-20)15-27-23-16-26-12-10-22(23)25(29)30/h1,4-10,12,14,16,18,27H,11,13,15H2,2H3,(H,29,30)/t18-/m0/s1. The molecule has 1 atom stereocenters. The molecule has 0 fully saturated rings. The Hall–Kier alpha value is -3.98. The summed E-state index contributed by atoms with van der Waals surface area (Å²) in [6.07, 6.45) is 9.33. The molecule has 0 unspecified atom stereocenters. The number of aromatic carboxylic acids is 1. The van der Waals surface area contributed by atoms with Gasteiger partial charge in [0.15, 0.2) is 0 Å². The Labute approximate surface area is 181 Å². The summed E-state index contributed by atoms with van der Waals surface area (Å²) in [7, 11) is 2.00. The normalized spacial score (nSPS) is 14.6. The molecule has 0 saturated heterocycles. The van der Waals surface area contributed by atoms with E-state index in [0.717, 1.165) is 34.7 Å². The number of nitrogens with one attached hydrogen (secondary N) is 1. The fourth-order valence-corrected chi connectivity index (χ4v) is 3.76. The van der Waals surface area contributed by atoms with Gasteiger partial charge in [0.05, 0.1) is 24.1 Å². The molecule has 3 aromatic rings. The maximum Gasteiger partial charge on any atom is 0.337 e. The third-order valence-electron chi connectivity index (χ3n) is 5.56. The molecular weight excluding hydrogens is 390 g/mol. The summed E-state index contributed by atoms with van der Waals surface area (Å²) in [6.45, 7) is 1.22. The van der Waals surface area contributed by atoms with Crippen molar-refractivity contribution in [3.8, 4) is 18.1 Å². The minimum atomic E-state index is -0.972. The number of fused-ring (bicyclic) bond motifs is 1. The second kappa shape index (κ2) is 8.80. The van der Waals surface area contributed by atoms with Crippen LogP contribution in [0.4, 0.5) is 17.1 Å². The molecule has 2 aromatic carbocycles. The lowest BCUT2D eigenvalue weighted by Crippen LogP contribution is -2.22. The van der Waals surface area contributed by atoms with Crippen LogP contribution in [-0.2, 0) is 0 Å². The Balaban J connectivity index is 1.52. The Morgan fingerprint density at radius 2 is 2.03 bits per heavy atom. The van der Waals surface area contributed by atoms with Crippen LogP contribution in [0.15, 0.2) is 60.9 Å². The molecular formula is C25H23N3O3. The first-order chi connectivity index (χ1) is 15.1. The summed E-state index contributed by atoms with van der Waals surface area (Å²) >= 11 is 0. The van der Waals surface area contributed by atoms with Crippen LogP contribution in [0, 0.1) is 12.3 Å². The molecule has 6 nitrogen and oxygen atoms in total. The van der Waals surface area contributed by atoms with Crippen LogP contribution in [0.3, 0.4) is 0 Å². The summed E-state index contributed by atoms with van der Waals surface area (Å²) in [5.74, 6) is 2.72. The van der Waals surface area contributed by atoms with Crippen LogP contribution >= 0.6 is 0 Å². The predicted molar refractivity (Wildman–Crippen MR) is 121 cm³/mol. The fourth-order valence-electron chi connectivity index (χ4n) is 3.76. The summed E-state index contributed by atoms with van der Waals surface area (Å²) < 4.78 is 5.94. The van der Waals surface area contributed by atoms with Crippen molar-refractivity contribution in [3.05, 3.63) is 77.6 Å². The molecule has 31 heavy (non-hydrogen) atoms. The Kier molecular flexibility index (Phi) is 5.76. The maximum atomic E-state index is 11.4. The van der Waals surface area contributed by atoms with Crippen molar-refractivity contribution in [1.29, 1.82) is 0 Å². The first-order valence-electron chi connectivity index (χ1n) is 10.0. The van der Waals surface area contributed by atoms with Gasteiger partial charge in [-0.1, -0.05) is 12.0 Å². The topological polar surface area (TPSA) is 74.7 Å². The summed E-state index contributed by atoms with van der Waals surface area (Å²) in [5, 5.41) is 12.6. The SMILES string of the molecule is C#Cc1ccc(N(C)c2ccc3c(c2)OCC[C@H]3CNc2cnccc2C(=O)O)cc1. The van der Waals surface area contributed by atoms with Gasteiger partial charge in [-0.3, -0.25) is 4.98 Å². The molecule has 0 bridgehead atoms. The number of carboxylic acid groups (broad SMARTS) is 1. The summed E-state index contributed by atoms with van der Waals surface area (Å²) in [6, 6.07) is 15.5. The van der Waals surface area contributed by atoms with Crippen molar-refractivity contribution in [2.45, 2.75) is 12.3 Å². The van der Waals surface area contributed by atoms with Crippen molar-refractivity contribution >= 4 is 23.0 Å². The van der Waals surface area contributed by atoms with Crippen LogP contribution in [0.25, 0.3) is 0 Å². The number of nitrogens with zero attached hydrogens (tertiary/aromatic N) is 2. The maximum absolute atomic E-state index is 11.4. The number of rotatable bonds is 6. The van der Waals surface area contributed by atoms with Gasteiger partial charge < -0.3 is 20.1 Å².